The van der Waals surface area contributed by atoms with E-state index in [9.17, 15) is 0 Å². The Morgan fingerprint density at radius 3 is 2.57 bits per heavy atom. The summed E-state index contributed by atoms with van der Waals surface area (Å²) in [6.45, 7) is 6.99. The van der Waals surface area contributed by atoms with Gasteiger partial charge in [-0.25, -0.2) is 0 Å². The predicted molar refractivity (Wildman–Crippen MR) is 91.3 cm³/mol. The minimum atomic E-state index is 0.402. The molecule has 21 heavy (non-hydrogen) atoms. The minimum Gasteiger partial charge on any atom is -0.327 e. The van der Waals surface area contributed by atoms with Crippen LogP contribution in [-0.4, -0.2) is 31.1 Å². The van der Waals surface area contributed by atoms with Gasteiger partial charge in [0.1, 0.15) is 0 Å². The number of nitrogens with two attached hydrogens (primary N) is 1. The van der Waals surface area contributed by atoms with Crippen LogP contribution in [0.15, 0.2) is 30.3 Å². The molecule has 0 aromatic heterocycles. The molecule has 2 nitrogen and oxygen atoms in total. The normalized spacial score (nSPS) is 26.5. The van der Waals surface area contributed by atoms with E-state index >= 15 is 0 Å². The lowest BCUT2D eigenvalue weighted by Crippen LogP contribution is -2.43. The average Bonchev–Trinajstić information content (AvgIpc) is 2.48. The summed E-state index contributed by atoms with van der Waals surface area (Å²) in [5.74, 6) is 2.35. The van der Waals surface area contributed by atoms with E-state index < -0.39 is 0 Å². The Kier molecular flexibility index (Phi) is 6.25. The van der Waals surface area contributed by atoms with E-state index in [2.05, 4.69) is 56.1 Å². The Labute approximate surface area is 130 Å². The molecule has 0 amide bonds. The van der Waals surface area contributed by atoms with Crippen molar-refractivity contribution in [1.29, 1.82) is 0 Å². The van der Waals surface area contributed by atoms with E-state index in [1.54, 1.807) is 0 Å². The van der Waals surface area contributed by atoms with Gasteiger partial charge in [-0.2, -0.15) is 0 Å². The van der Waals surface area contributed by atoms with Crippen molar-refractivity contribution in [2.45, 2.75) is 45.6 Å². The highest BCUT2D eigenvalue weighted by molar-refractivity contribution is 5.14. The van der Waals surface area contributed by atoms with Crippen LogP contribution in [0.25, 0.3) is 0 Å². The maximum absolute atomic E-state index is 6.37. The first kappa shape index (κ1) is 16.5. The third-order valence-electron chi connectivity index (χ3n) is 5.20. The van der Waals surface area contributed by atoms with Crippen LogP contribution in [-0.2, 0) is 6.42 Å². The summed E-state index contributed by atoms with van der Waals surface area (Å²) in [4.78, 5) is 2.47. The molecule has 118 valence electrons. The molecule has 2 rings (SSSR count). The van der Waals surface area contributed by atoms with Crippen LogP contribution in [0.5, 0.6) is 0 Å². The van der Waals surface area contributed by atoms with Gasteiger partial charge >= 0.3 is 0 Å². The number of hydrogen-bond donors (Lipinski definition) is 1. The van der Waals surface area contributed by atoms with Crippen LogP contribution in [0, 0.1) is 17.8 Å². The molecule has 0 bridgehead atoms. The molecule has 1 aliphatic rings. The molecule has 3 unspecified atom stereocenters. The number of rotatable bonds is 6. The van der Waals surface area contributed by atoms with Crippen molar-refractivity contribution in [3.8, 4) is 0 Å². The highest BCUT2D eigenvalue weighted by Gasteiger charge is 2.30. The van der Waals surface area contributed by atoms with Crippen LogP contribution >= 0.6 is 0 Å². The highest BCUT2D eigenvalue weighted by atomic mass is 15.1. The average molecular weight is 288 g/mol. The topological polar surface area (TPSA) is 29.3 Å². The summed E-state index contributed by atoms with van der Waals surface area (Å²) in [6.07, 6.45) is 4.98. The summed E-state index contributed by atoms with van der Waals surface area (Å²) in [6, 6.07) is 11.2. The standard InChI is InChI=1S/C19H32N2/c1-15(2)17-9-10-19(20)18(13-17)14-21(3)12-11-16-7-5-4-6-8-16/h4-8,15,17-19H,9-14,20H2,1-3H3. The zero-order chi connectivity index (χ0) is 15.2. The summed E-state index contributed by atoms with van der Waals surface area (Å²) >= 11 is 0. The van der Waals surface area contributed by atoms with E-state index in [0.29, 0.717) is 12.0 Å². The molecule has 0 spiro atoms. The van der Waals surface area contributed by atoms with Gasteiger partial charge in [0.25, 0.3) is 0 Å². The van der Waals surface area contributed by atoms with Crippen LogP contribution in [0.2, 0.25) is 0 Å². The fourth-order valence-electron chi connectivity index (χ4n) is 3.60. The van der Waals surface area contributed by atoms with Crippen molar-refractivity contribution >= 4 is 0 Å². The highest BCUT2D eigenvalue weighted by Crippen LogP contribution is 2.33. The molecule has 2 N–H and O–H groups in total. The minimum absolute atomic E-state index is 0.402. The molecule has 1 aliphatic carbocycles. The Morgan fingerprint density at radius 1 is 1.19 bits per heavy atom. The zero-order valence-electron chi connectivity index (χ0n) is 14.0. The Morgan fingerprint density at radius 2 is 1.90 bits per heavy atom. The third-order valence-corrected chi connectivity index (χ3v) is 5.20. The van der Waals surface area contributed by atoms with Gasteiger partial charge < -0.3 is 10.6 Å². The summed E-state index contributed by atoms with van der Waals surface area (Å²) in [7, 11) is 2.24. The molecule has 1 saturated carbocycles. The summed E-state index contributed by atoms with van der Waals surface area (Å²) in [5, 5.41) is 0. The Hall–Kier alpha value is -0.860. The maximum atomic E-state index is 6.37. The van der Waals surface area contributed by atoms with Crippen molar-refractivity contribution < 1.29 is 0 Å². The molecule has 1 aromatic carbocycles. The molecule has 0 heterocycles. The molecule has 0 radical (unpaired) electrons. The van der Waals surface area contributed by atoms with Crippen LogP contribution in [0.4, 0.5) is 0 Å². The lowest BCUT2D eigenvalue weighted by Gasteiger charge is -2.38. The number of likely N-dealkylation sites (N-methyl/N-ethyl adjacent to an activating group) is 1. The lowest BCUT2D eigenvalue weighted by atomic mass is 9.74. The van der Waals surface area contributed by atoms with Gasteiger partial charge in [0, 0.05) is 19.1 Å². The van der Waals surface area contributed by atoms with E-state index in [4.69, 9.17) is 5.73 Å². The van der Waals surface area contributed by atoms with Gasteiger partial charge in [0.2, 0.25) is 0 Å². The van der Waals surface area contributed by atoms with Crippen molar-refractivity contribution in [1.82, 2.24) is 4.90 Å². The largest absolute Gasteiger partial charge is 0.327 e. The number of benzene rings is 1. The van der Waals surface area contributed by atoms with Gasteiger partial charge in [-0.05, 0) is 56.0 Å². The van der Waals surface area contributed by atoms with Crippen molar-refractivity contribution in [2.75, 3.05) is 20.1 Å². The molecule has 0 saturated heterocycles. The van der Waals surface area contributed by atoms with E-state index in [0.717, 1.165) is 31.3 Å². The van der Waals surface area contributed by atoms with Gasteiger partial charge in [-0.3, -0.25) is 0 Å². The Balaban J connectivity index is 1.79. The molecule has 0 aliphatic heterocycles. The van der Waals surface area contributed by atoms with Gasteiger partial charge in [-0.1, -0.05) is 44.2 Å². The first-order valence-corrected chi connectivity index (χ1v) is 8.54. The fraction of sp³-hybridized carbons (Fsp3) is 0.684. The van der Waals surface area contributed by atoms with Crippen LogP contribution < -0.4 is 5.73 Å². The van der Waals surface area contributed by atoms with Crippen LogP contribution in [0.1, 0.15) is 38.7 Å². The molecule has 1 aromatic rings. The molecule has 1 fully saturated rings. The van der Waals surface area contributed by atoms with Crippen molar-refractivity contribution in [3.63, 3.8) is 0 Å². The predicted octanol–water partition coefficient (Wildman–Crippen LogP) is 3.56. The number of nitrogens with zero attached hydrogens (tertiary/aromatic N) is 1. The third kappa shape index (κ3) is 5.12. The lowest BCUT2D eigenvalue weighted by molar-refractivity contribution is 0.150. The molecule has 3 atom stereocenters. The maximum Gasteiger partial charge on any atom is 0.00795 e. The van der Waals surface area contributed by atoms with Crippen LogP contribution in [0.3, 0.4) is 0 Å². The van der Waals surface area contributed by atoms with E-state index in [-0.39, 0.29) is 0 Å². The van der Waals surface area contributed by atoms with Crippen molar-refractivity contribution in [2.24, 2.45) is 23.5 Å². The summed E-state index contributed by atoms with van der Waals surface area (Å²) < 4.78 is 0. The smallest absolute Gasteiger partial charge is 0.00795 e. The zero-order valence-corrected chi connectivity index (χ0v) is 14.0. The molecule has 2 heteroatoms. The molecular weight excluding hydrogens is 256 g/mol. The second-order valence-corrected chi connectivity index (χ2v) is 7.24. The van der Waals surface area contributed by atoms with E-state index in [1.165, 1.54) is 24.8 Å². The van der Waals surface area contributed by atoms with Gasteiger partial charge in [0.05, 0.1) is 0 Å². The first-order chi connectivity index (χ1) is 10.1. The van der Waals surface area contributed by atoms with Gasteiger partial charge in [0.15, 0.2) is 0 Å². The van der Waals surface area contributed by atoms with Gasteiger partial charge in [-0.15, -0.1) is 0 Å². The second kappa shape index (κ2) is 7.95. The number of hydrogen-bond acceptors (Lipinski definition) is 2. The second-order valence-electron chi connectivity index (χ2n) is 7.24. The van der Waals surface area contributed by atoms with Crippen molar-refractivity contribution in [3.05, 3.63) is 35.9 Å². The van der Waals surface area contributed by atoms with E-state index in [1.807, 2.05) is 0 Å². The Bertz CT molecular complexity index is 401. The SMILES string of the molecule is CC(C)C1CCC(N)C(CN(C)CCc2ccccc2)C1. The quantitative estimate of drug-likeness (QED) is 0.867. The molecular formula is C19H32N2. The summed E-state index contributed by atoms with van der Waals surface area (Å²) in [5.41, 5.74) is 7.80. The first-order valence-electron chi connectivity index (χ1n) is 8.54. The monoisotopic (exact) mass is 288 g/mol. The fourth-order valence-corrected chi connectivity index (χ4v) is 3.60.